The van der Waals surface area contributed by atoms with Gasteiger partial charge in [-0.1, -0.05) is 70.8 Å². The molecule has 0 saturated heterocycles. The Balaban J connectivity index is 2.10. The van der Waals surface area contributed by atoms with Gasteiger partial charge in [-0.25, -0.2) is 0 Å². The molecule has 0 atom stereocenters. The minimum atomic E-state index is 0.0123. The zero-order valence-corrected chi connectivity index (χ0v) is 18.0. The number of hydrogen-bond donors (Lipinski definition) is 0. The van der Waals surface area contributed by atoms with E-state index >= 15 is 0 Å². The monoisotopic (exact) mass is 402 g/mol. The Bertz CT molecular complexity index is 946. The fourth-order valence-electron chi connectivity index (χ4n) is 2.73. The molecule has 27 heavy (non-hydrogen) atoms. The maximum Gasteiger partial charge on any atom is 0.249 e. The van der Waals surface area contributed by atoms with Crippen LogP contribution in [0.15, 0.2) is 40.8 Å². The normalized spacial score (nSPS) is 12.4. The molecular weight excluding hydrogens is 379 g/mol. The molecule has 3 rings (SSSR count). The standard InChI is InChI=1S/C22H24Cl2N2O/c1-21(2,3)14-9-13(10-15(11-14)22(4,5)6)19-25-26-20(27-19)17-8-7-16(23)12-18(17)24/h7-12H,1-6H3. The first-order valence-corrected chi connectivity index (χ1v) is 9.66. The Kier molecular flexibility index (Phi) is 5.13. The number of benzene rings is 2. The summed E-state index contributed by atoms with van der Waals surface area (Å²) in [6, 6.07) is 11.7. The number of aromatic nitrogens is 2. The molecular formula is C22H24Cl2N2O. The predicted molar refractivity (Wildman–Crippen MR) is 113 cm³/mol. The molecule has 3 nitrogen and oxygen atoms in total. The second-order valence-electron chi connectivity index (χ2n) is 8.84. The number of nitrogens with zero attached hydrogens (tertiary/aromatic N) is 2. The van der Waals surface area contributed by atoms with Crippen molar-refractivity contribution in [2.45, 2.75) is 52.4 Å². The highest BCUT2D eigenvalue weighted by Crippen LogP contribution is 2.35. The Morgan fingerprint density at radius 1 is 0.741 bits per heavy atom. The fraction of sp³-hybridized carbons (Fsp3) is 0.364. The molecule has 1 heterocycles. The van der Waals surface area contributed by atoms with E-state index in [1.165, 1.54) is 11.1 Å². The molecule has 0 amide bonds. The minimum absolute atomic E-state index is 0.0123. The van der Waals surface area contributed by atoms with Crippen molar-refractivity contribution in [3.8, 4) is 22.9 Å². The van der Waals surface area contributed by atoms with E-state index in [4.69, 9.17) is 27.6 Å². The van der Waals surface area contributed by atoms with E-state index in [1.54, 1.807) is 18.2 Å². The summed E-state index contributed by atoms with van der Waals surface area (Å²) >= 11 is 12.3. The van der Waals surface area contributed by atoms with Gasteiger partial charge < -0.3 is 4.42 Å². The van der Waals surface area contributed by atoms with Crippen molar-refractivity contribution in [2.24, 2.45) is 0 Å². The zero-order valence-electron chi connectivity index (χ0n) is 16.5. The zero-order chi connectivity index (χ0) is 20.0. The van der Waals surface area contributed by atoms with Crippen LogP contribution in [0.5, 0.6) is 0 Å². The van der Waals surface area contributed by atoms with Crippen molar-refractivity contribution in [1.82, 2.24) is 10.2 Å². The average molecular weight is 403 g/mol. The van der Waals surface area contributed by atoms with Gasteiger partial charge in [0, 0.05) is 10.6 Å². The summed E-state index contributed by atoms with van der Waals surface area (Å²) in [4.78, 5) is 0. The van der Waals surface area contributed by atoms with Crippen LogP contribution in [-0.2, 0) is 10.8 Å². The molecule has 2 aromatic carbocycles. The SMILES string of the molecule is CC(C)(C)c1cc(-c2nnc(-c3ccc(Cl)cc3Cl)o2)cc(C(C)(C)C)c1. The molecule has 5 heteroatoms. The third-order valence-electron chi connectivity index (χ3n) is 4.50. The molecule has 0 N–H and O–H groups in total. The summed E-state index contributed by atoms with van der Waals surface area (Å²) in [5.41, 5.74) is 4.07. The summed E-state index contributed by atoms with van der Waals surface area (Å²) in [6.45, 7) is 13.2. The molecule has 0 radical (unpaired) electrons. The van der Waals surface area contributed by atoms with Gasteiger partial charge in [0.25, 0.3) is 0 Å². The Hall–Kier alpha value is -1.84. The van der Waals surface area contributed by atoms with Crippen LogP contribution in [0.25, 0.3) is 22.9 Å². The van der Waals surface area contributed by atoms with Gasteiger partial charge in [0.15, 0.2) is 0 Å². The molecule has 0 aliphatic rings. The third kappa shape index (κ3) is 4.36. The van der Waals surface area contributed by atoms with Crippen molar-refractivity contribution < 1.29 is 4.42 Å². The van der Waals surface area contributed by atoms with E-state index in [1.807, 2.05) is 0 Å². The highest BCUT2D eigenvalue weighted by Gasteiger charge is 2.22. The Labute approximate surface area is 170 Å². The molecule has 142 valence electrons. The van der Waals surface area contributed by atoms with Gasteiger partial charge in [-0.15, -0.1) is 10.2 Å². The number of halogens is 2. The maximum atomic E-state index is 6.28. The summed E-state index contributed by atoms with van der Waals surface area (Å²) in [6.07, 6.45) is 0. The second-order valence-corrected chi connectivity index (χ2v) is 9.68. The summed E-state index contributed by atoms with van der Waals surface area (Å²) in [5.74, 6) is 0.859. The molecule has 0 spiro atoms. The highest BCUT2D eigenvalue weighted by molar-refractivity contribution is 6.36. The molecule has 0 fully saturated rings. The average Bonchev–Trinajstić information content (AvgIpc) is 3.02. The predicted octanol–water partition coefficient (Wildman–Crippen LogP) is 7.31. The van der Waals surface area contributed by atoms with E-state index in [2.05, 4.69) is 69.9 Å². The summed E-state index contributed by atoms with van der Waals surface area (Å²) < 4.78 is 5.96. The Morgan fingerprint density at radius 3 is 1.81 bits per heavy atom. The smallest absolute Gasteiger partial charge is 0.249 e. The van der Waals surface area contributed by atoms with E-state index in [0.717, 1.165) is 5.56 Å². The molecule has 1 aromatic heterocycles. The van der Waals surface area contributed by atoms with Gasteiger partial charge in [-0.05, 0) is 52.3 Å². The molecule has 0 aliphatic heterocycles. The van der Waals surface area contributed by atoms with Crippen molar-refractivity contribution >= 4 is 23.2 Å². The van der Waals surface area contributed by atoms with Gasteiger partial charge in [-0.3, -0.25) is 0 Å². The van der Waals surface area contributed by atoms with Gasteiger partial charge in [0.2, 0.25) is 11.8 Å². The fourth-order valence-corrected chi connectivity index (χ4v) is 3.22. The Morgan fingerprint density at radius 2 is 1.30 bits per heavy atom. The van der Waals surface area contributed by atoms with E-state index in [0.29, 0.717) is 27.4 Å². The van der Waals surface area contributed by atoms with Crippen LogP contribution in [0, 0.1) is 0 Å². The van der Waals surface area contributed by atoms with Crippen molar-refractivity contribution in [2.75, 3.05) is 0 Å². The lowest BCUT2D eigenvalue weighted by molar-refractivity contribution is 0.564. The summed E-state index contributed by atoms with van der Waals surface area (Å²) in [5, 5.41) is 9.51. The van der Waals surface area contributed by atoms with Crippen LogP contribution in [0.2, 0.25) is 10.0 Å². The van der Waals surface area contributed by atoms with Gasteiger partial charge >= 0.3 is 0 Å². The van der Waals surface area contributed by atoms with Crippen molar-refractivity contribution in [3.05, 3.63) is 57.6 Å². The van der Waals surface area contributed by atoms with Gasteiger partial charge in [0.05, 0.1) is 10.6 Å². The molecule has 0 saturated carbocycles. The van der Waals surface area contributed by atoms with Crippen LogP contribution >= 0.6 is 23.2 Å². The first kappa shape index (κ1) is 19.9. The van der Waals surface area contributed by atoms with E-state index in [-0.39, 0.29) is 10.8 Å². The van der Waals surface area contributed by atoms with Crippen molar-refractivity contribution in [1.29, 1.82) is 0 Å². The topological polar surface area (TPSA) is 38.9 Å². The largest absolute Gasteiger partial charge is 0.416 e. The quantitative estimate of drug-likeness (QED) is 0.450. The first-order chi connectivity index (χ1) is 12.4. The van der Waals surface area contributed by atoms with E-state index in [9.17, 15) is 0 Å². The highest BCUT2D eigenvalue weighted by atomic mass is 35.5. The lowest BCUT2D eigenvalue weighted by Crippen LogP contribution is -2.16. The third-order valence-corrected chi connectivity index (χ3v) is 5.05. The van der Waals surface area contributed by atoms with Crippen molar-refractivity contribution in [3.63, 3.8) is 0 Å². The van der Waals surface area contributed by atoms with Crippen LogP contribution < -0.4 is 0 Å². The number of hydrogen-bond acceptors (Lipinski definition) is 3. The van der Waals surface area contributed by atoms with Crippen LogP contribution in [0.4, 0.5) is 0 Å². The van der Waals surface area contributed by atoms with Gasteiger partial charge in [-0.2, -0.15) is 0 Å². The van der Waals surface area contributed by atoms with Crippen LogP contribution in [-0.4, -0.2) is 10.2 Å². The molecule has 3 aromatic rings. The minimum Gasteiger partial charge on any atom is -0.416 e. The molecule has 0 unspecified atom stereocenters. The van der Waals surface area contributed by atoms with Crippen LogP contribution in [0.3, 0.4) is 0 Å². The van der Waals surface area contributed by atoms with Crippen LogP contribution in [0.1, 0.15) is 52.7 Å². The number of rotatable bonds is 2. The molecule has 0 aliphatic carbocycles. The molecule has 0 bridgehead atoms. The second kappa shape index (κ2) is 6.96. The van der Waals surface area contributed by atoms with Gasteiger partial charge in [0.1, 0.15) is 0 Å². The lowest BCUT2D eigenvalue weighted by atomic mass is 9.79. The first-order valence-electron chi connectivity index (χ1n) is 8.90. The lowest BCUT2D eigenvalue weighted by Gasteiger charge is -2.25. The van der Waals surface area contributed by atoms with E-state index < -0.39 is 0 Å². The summed E-state index contributed by atoms with van der Waals surface area (Å²) in [7, 11) is 0. The maximum absolute atomic E-state index is 6.28.